The Hall–Kier alpha value is -1.62. The van der Waals surface area contributed by atoms with E-state index in [0.717, 1.165) is 6.42 Å². The maximum Gasteiger partial charge on any atom is 0.241 e. The van der Waals surface area contributed by atoms with Crippen LogP contribution >= 0.6 is 0 Å². The molecule has 4 nitrogen and oxygen atoms in total. The highest BCUT2D eigenvalue weighted by Gasteiger charge is 2.23. The lowest BCUT2D eigenvalue weighted by Crippen LogP contribution is -2.35. The summed E-state index contributed by atoms with van der Waals surface area (Å²) in [6.07, 6.45) is -0.0647. The maximum absolute atomic E-state index is 13.8. The highest BCUT2D eigenvalue weighted by Crippen LogP contribution is 2.29. The van der Waals surface area contributed by atoms with Crippen molar-refractivity contribution in [3.63, 3.8) is 0 Å². The van der Waals surface area contributed by atoms with E-state index in [9.17, 15) is 14.3 Å². The lowest BCUT2D eigenvalue weighted by Gasteiger charge is -2.26. The van der Waals surface area contributed by atoms with E-state index >= 15 is 0 Å². The van der Waals surface area contributed by atoms with Crippen LogP contribution in [0, 0.1) is 5.82 Å². The number of anilines is 1. The number of benzene rings is 1. The Morgan fingerprint density at radius 3 is 2.79 bits per heavy atom. The van der Waals surface area contributed by atoms with Crippen molar-refractivity contribution < 1.29 is 14.3 Å². The van der Waals surface area contributed by atoms with E-state index < -0.39 is 11.9 Å². The van der Waals surface area contributed by atoms with Crippen molar-refractivity contribution in [3.05, 3.63) is 29.6 Å². The number of rotatable bonds is 2. The summed E-state index contributed by atoms with van der Waals surface area (Å²) in [6.45, 7) is 3.14. The number of hydrogen-bond acceptors (Lipinski definition) is 3. The second kappa shape index (κ2) is 5.57. The van der Waals surface area contributed by atoms with E-state index in [1.54, 1.807) is 24.1 Å². The van der Waals surface area contributed by atoms with Crippen molar-refractivity contribution >= 4 is 11.6 Å². The minimum absolute atomic E-state index is 0.0123. The number of likely N-dealkylation sites (N-methyl/N-ethyl adjacent to an activating group) is 1. The molecule has 2 rings (SSSR count). The van der Waals surface area contributed by atoms with Gasteiger partial charge in [-0.2, -0.15) is 0 Å². The molecule has 0 spiro atoms. The Morgan fingerprint density at radius 1 is 1.37 bits per heavy atom. The Bertz CT molecular complexity index is 477. The molecule has 104 valence electrons. The number of hydrogen-bond donors (Lipinski definition) is 1. The van der Waals surface area contributed by atoms with Gasteiger partial charge in [0.15, 0.2) is 0 Å². The smallest absolute Gasteiger partial charge is 0.241 e. The topological polar surface area (TPSA) is 43.8 Å². The minimum atomic E-state index is -0.896. The first-order valence-electron chi connectivity index (χ1n) is 6.46. The van der Waals surface area contributed by atoms with Crippen LogP contribution in [0.5, 0.6) is 0 Å². The highest BCUT2D eigenvalue weighted by molar-refractivity contribution is 5.82. The lowest BCUT2D eigenvalue weighted by molar-refractivity contribution is -0.127. The summed E-state index contributed by atoms with van der Waals surface area (Å²) in [4.78, 5) is 15.4. The van der Waals surface area contributed by atoms with Gasteiger partial charge in [-0.05, 0) is 25.5 Å². The van der Waals surface area contributed by atoms with Crippen molar-refractivity contribution in [3.8, 4) is 0 Å². The maximum atomic E-state index is 13.8. The van der Waals surface area contributed by atoms with Crippen LogP contribution in [0.4, 0.5) is 10.1 Å². The van der Waals surface area contributed by atoms with Crippen LogP contribution in [0.2, 0.25) is 0 Å². The Labute approximate surface area is 112 Å². The first-order chi connectivity index (χ1) is 9.00. The van der Waals surface area contributed by atoms with Crippen LogP contribution in [0.25, 0.3) is 0 Å². The number of carbonyl (C=O) groups is 1. The molecule has 19 heavy (non-hydrogen) atoms. The van der Waals surface area contributed by atoms with Crippen molar-refractivity contribution in [2.75, 3.05) is 31.6 Å². The molecule has 0 saturated carbocycles. The van der Waals surface area contributed by atoms with Crippen LogP contribution < -0.4 is 4.90 Å². The number of halogens is 1. The van der Waals surface area contributed by atoms with Gasteiger partial charge in [0.05, 0.1) is 12.6 Å². The molecule has 1 unspecified atom stereocenters. The molecular weight excluding hydrogens is 247 g/mol. The fourth-order valence-corrected chi connectivity index (χ4v) is 2.41. The molecule has 1 aromatic rings. The molecule has 0 radical (unpaired) electrons. The zero-order valence-electron chi connectivity index (χ0n) is 11.3. The molecule has 1 aliphatic heterocycles. The molecule has 0 aromatic heterocycles. The van der Waals surface area contributed by atoms with Crippen LogP contribution in [-0.4, -0.2) is 42.6 Å². The lowest BCUT2D eigenvalue weighted by atomic mass is 10.1. The molecule has 1 aliphatic rings. The quantitative estimate of drug-likeness (QED) is 0.883. The molecule has 1 saturated heterocycles. The van der Waals surface area contributed by atoms with Gasteiger partial charge in [-0.25, -0.2) is 4.39 Å². The van der Waals surface area contributed by atoms with Gasteiger partial charge in [0, 0.05) is 31.4 Å². The van der Waals surface area contributed by atoms with Gasteiger partial charge < -0.3 is 14.9 Å². The third-order valence-electron chi connectivity index (χ3n) is 3.46. The number of aliphatic hydroxyl groups excluding tert-OH is 1. The van der Waals surface area contributed by atoms with Gasteiger partial charge in [-0.1, -0.05) is 6.07 Å². The van der Waals surface area contributed by atoms with E-state index in [0.29, 0.717) is 18.8 Å². The van der Waals surface area contributed by atoms with Gasteiger partial charge in [0.2, 0.25) is 5.91 Å². The molecule has 0 bridgehead atoms. The molecule has 0 aliphatic carbocycles. The SMILES string of the molecule is CC(O)c1c(F)cccc1N1CCCN(C)C(=O)C1. The zero-order chi connectivity index (χ0) is 14.0. The number of carbonyl (C=O) groups excluding carboxylic acids is 1. The molecule has 1 aromatic carbocycles. The van der Waals surface area contributed by atoms with Crippen LogP contribution in [-0.2, 0) is 4.79 Å². The van der Waals surface area contributed by atoms with Crippen molar-refractivity contribution in [1.82, 2.24) is 4.90 Å². The summed E-state index contributed by atoms with van der Waals surface area (Å²) >= 11 is 0. The molecule has 1 N–H and O–H groups in total. The zero-order valence-corrected chi connectivity index (χ0v) is 11.3. The monoisotopic (exact) mass is 266 g/mol. The Balaban J connectivity index is 2.36. The summed E-state index contributed by atoms with van der Waals surface area (Å²) < 4.78 is 13.8. The second-order valence-electron chi connectivity index (χ2n) is 4.94. The predicted molar refractivity (Wildman–Crippen MR) is 71.5 cm³/mol. The molecule has 1 heterocycles. The number of nitrogens with zero attached hydrogens (tertiary/aromatic N) is 2. The largest absolute Gasteiger partial charge is 0.389 e. The van der Waals surface area contributed by atoms with E-state index in [1.807, 2.05) is 4.90 Å². The summed E-state index contributed by atoms with van der Waals surface area (Å²) in [5.74, 6) is -0.421. The third-order valence-corrected chi connectivity index (χ3v) is 3.46. The van der Waals surface area contributed by atoms with Gasteiger partial charge in [0.25, 0.3) is 0 Å². The second-order valence-corrected chi connectivity index (χ2v) is 4.94. The summed E-state index contributed by atoms with van der Waals surface area (Å²) in [5, 5.41) is 9.74. The first-order valence-corrected chi connectivity index (χ1v) is 6.46. The normalized spacial score (nSPS) is 18.4. The third kappa shape index (κ3) is 2.87. The van der Waals surface area contributed by atoms with Crippen LogP contribution in [0.1, 0.15) is 25.0 Å². The predicted octanol–water partition coefficient (Wildman–Crippen LogP) is 1.55. The van der Waals surface area contributed by atoms with Crippen molar-refractivity contribution in [2.24, 2.45) is 0 Å². The van der Waals surface area contributed by atoms with Gasteiger partial charge in [0.1, 0.15) is 5.82 Å². The van der Waals surface area contributed by atoms with Crippen LogP contribution in [0.15, 0.2) is 18.2 Å². The molecule has 1 amide bonds. The Morgan fingerprint density at radius 2 is 2.11 bits per heavy atom. The Kier molecular flexibility index (Phi) is 4.04. The van der Waals surface area contributed by atoms with Gasteiger partial charge in [-0.15, -0.1) is 0 Å². The summed E-state index contributed by atoms with van der Waals surface area (Å²) in [7, 11) is 1.77. The van der Waals surface area contributed by atoms with Gasteiger partial charge in [-0.3, -0.25) is 4.79 Å². The average molecular weight is 266 g/mol. The van der Waals surface area contributed by atoms with E-state index in [4.69, 9.17) is 0 Å². The minimum Gasteiger partial charge on any atom is -0.389 e. The van der Waals surface area contributed by atoms with E-state index in [1.165, 1.54) is 13.0 Å². The summed E-state index contributed by atoms with van der Waals surface area (Å²) in [5.41, 5.74) is 0.874. The average Bonchev–Trinajstić information content (AvgIpc) is 2.51. The highest BCUT2D eigenvalue weighted by atomic mass is 19.1. The molecule has 1 atom stereocenters. The fourth-order valence-electron chi connectivity index (χ4n) is 2.41. The number of amides is 1. The molecule has 1 fully saturated rings. The first kappa shape index (κ1) is 13.8. The summed E-state index contributed by atoms with van der Waals surface area (Å²) in [6, 6.07) is 4.69. The standard InChI is InChI=1S/C14H19FN2O2/c1-10(18)14-11(15)5-3-6-12(14)17-8-4-7-16(2)13(19)9-17/h3,5-6,10,18H,4,7-9H2,1-2H3. The van der Waals surface area contributed by atoms with Gasteiger partial charge >= 0.3 is 0 Å². The van der Waals surface area contributed by atoms with E-state index in [2.05, 4.69) is 0 Å². The molecule has 5 heteroatoms. The van der Waals surface area contributed by atoms with Crippen molar-refractivity contribution in [1.29, 1.82) is 0 Å². The van der Waals surface area contributed by atoms with Crippen LogP contribution in [0.3, 0.4) is 0 Å². The molecular formula is C14H19FN2O2. The fraction of sp³-hybridized carbons (Fsp3) is 0.500. The number of aliphatic hydroxyl groups is 1. The van der Waals surface area contributed by atoms with Crippen molar-refractivity contribution in [2.45, 2.75) is 19.4 Å². The van der Waals surface area contributed by atoms with E-state index in [-0.39, 0.29) is 18.0 Å².